The number of pyridine rings is 2. The molecule has 1 aliphatic heterocycles. The van der Waals surface area contributed by atoms with Crippen molar-refractivity contribution < 1.29 is 4.39 Å². The Morgan fingerprint density at radius 1 is 1.03 bits per heavy atom. The number of piperidine rings is 1. The van der Waals surface area contributed by atoms with E-state index in [0.29, 0.717) is 11.4 Å². The Hall–Kier alpha value is -3.57. The van der Waals surface area contributed by atoms with Gasteiger partial charge in [0.2, 0.25) is 0 Å². The number of rotatable bonds is 5. The molecule has 0 radical (unpaired) electrons. The van der Waals surface area contributed by atoms with E-state index in [0.717, 1.165) is 60.3 Å². The summed E-state index contributed by atoms with van der Waals surface area (Å²) in [7, 11) is 0. The summed E-state index contributed by atoms with van der Waals surface area (Å²) in [5.41, 5.74) is 9.98. The zero-order valence-corrected chi connectivity index (χ0v) is 21.5. The number of nitrogens with zero attached hydrogens (tertiary/aromatic N) is 2. The van der Waals surface area contributed by atoms with E-state index in [4.69, 9.17) is 0 Å². The van der Waals surface area contributed by atoms with E-state index in [2.05, 4.69) is 58.5 Å². The quantitative estimate of drug-likeness (QED) is 0.406. The van der Waals surface area contributed by atoms with Crippen molar-refractivity contribution in [3.63, 3.8) is 0 Å². The van der Waals surface area contributed by atoms with Crippen molar-refractivity contribution in [2.45, 2.75) is 45.4 Å². The molecule has 0 bridgehead atoms. The van der Waals surface area contributed by atoms with Gasteiger partial charge in [-0.15, -0.1) is 0 Å². The first-order valence-electron chi connectivity index (χ1n) is 12.6. The Morgan fingerprint density at radius 2 is 1.78 bits per heavy atom. The smallest absolute Gasteiger partial charge is 0.143 e. The van der Waals surface area contributed by atoms with Crippen LogP contribution in [0.1, 0.15) is 66.6 Å². The Morgan fingerprint density at radius 3 is 2.50 bits per heavy atom. The molecular formula is C31H35FN4. The number of allylic oxidation sites excluding steroid dienone is 1. The minimum Gasteiger partial charge on any atom is -0.354 e. The molecule has 1 fully saturated rings. The number of aromatic nitrogens is 2. The first-order chi connectivity index (χ1) is 17.4. The van der Waals surface area contributed by atoms with Crippen LogP contribution in [0.5, 0.6) is 0 Å². The Bertz CT molecular complexity index is 1320. The second-order valence-corrected chi connectivity index (χ2v) is 9.40. The molecule has 0 unspecified atom stereocenters. The molecule has 1 aromatic carbocycles. The molecule has 0 saturated carbocycles. The summed E-state index contributed by atoms with van der Waals surface area (Å²) in [4.78, 5) is 8.48. The van der Waals surface area contributed by atoms with Crippen LogP contribution >= 0.6 is 0 Å². The summed E-state index contributed by atoms with van der Waals surface area (Å²) in [5, 5.41) is 6.61. The fourth-order valence-corrected chi connectivity index (χ4v) is 5.32. The van der Waals surface area contributed by atoms with E-state index >= 15 is 0 Å². The van der Waals surface area contributed by atoms with Crippen LogP contribution in [0.4, 0.5) is 10.1 Å². The highest BCUT2D eigenvalue weighted by molar-refractivity contribution is 5.85. The maximum atomic E-state index is 13.5. The third-order valence-corrected chi connectivity index (χ3v) is 7.19. The molecule has 1 saturated heterocycles. The first-order valence-corrected chi connectivity index (χ1v) is 12.6. The molecule has 4 nitrogen and oxygen atoms in total. The predicted molar refractivity (Wildman–Crippen MR) is 149 cm³/mol. The maximum Gasteiger partial charge on any atom is 0.143 e. The Balaban J connectivity index is 0.00000148. The van der Waals surface area contributed by atoms with Crippen molar-refractivity contribution in [3.8, 4) is 0 Å². The molecule has 186 valence electrons. The lowest BCUT2D eigenvalue weighted by atomic mass is 9.73. The van der Waals surface area contributed by atoms with Crippen molar-refractivity contribution in [2.75, 3.05) is 18.4 Å². The van der Waals surface area contributed by atoms with E-state index in [-0.39, 0.29) is 5.41 Å². The third-order valence-electron chi connectivity index (χ3n) is 7.19. The lowest BCUT2D eigenvalue weighted by Crippen LogP contribution is -2.38. The zero-order valence-electron chi connectivity index (χ0n) is 21.5. The topological polar surface area (TPSA) is 49.8 Å². The summed E-state index contributed by atoms with van der Waals surface area (Å²) in [6, 6.07) is 10.1. The molecule has 1 aliphatic carbocycles. The van der Waals surface area contributed by atoms with Gasteiger partial charge in [0.05, 0.1) is 18.1 Å². The molecule has 3 aromatic rings. The van der Waals surface area contributed by atoms with Crippen LogP contribution in [-0.4, -0.2) is 23.1 Å². The molecule has 3 heterocycles. The standard InChI is InChI=1S/C29H29FN4.C2H6/c1-18-14-29(7-9-31-10-8-29)28-12-22(5-6-26(18)28)19(2)27-11-23(15-33-21(27)4)20(3)34-25-13-24(30)16-32-17-25;1-2/h5-6,11-13,15-17,31,34H,1-3,7-10,14H2,4H3;1-2H3. The monoisotopic (exact) mass is 482 g/mol. The SMILES string of the molecule is C=C(Nc1cncc(F)c1)c1cnc(C)c(C(=C)c2ccc3c(c2)C2(CCNCC2)CC3=C)c1.CC. The van der Waals surface area contributed by atoms with Gasteiger partial charge in [0.15, 0.2) is 0 Å². The Labute approximate surface area is 214 Å². The summed E-state index contributed by atoms with van der Waals surface area (Å²) in [6.07, 6.45) is 7.80. The summed E-state index contributed by atoms with van der Waals surface area (Å²) in [6.45, 7) is 21.0. The number of nitrogens with one attached hydrogen (secondary N) is 2. The average Bonchev–Trinajstić information content (AvgIpc) is 3.15. The van der Waals surface area contributed by atoms with Crippen LogP contribution in [0.2, 0.25) is 0 Å². The van der Waals surface area contributed by atoms with Crippen LogP contribution in [0, 0.1) is 12.7 Å². The maximum absolute atomic E-state index is 13.5. The molecule has 2 aromatic heterocycles. The largest absolute Gasteiger partial charge is 0.354 e. The molecule has 0 amide bonds. The average molecular weight is 483 g/mol. The number of anilines is 1. The minimum absolute atomic E-state index is 0.181. The number of fused-ring (bicyclic) bond motifs is 2. The van der Waals surface area contributed by atoms with E-state index in [1.165, 1.54) is 29.0 Å². The van der Waals surface area contributed by atoms with Crippen LogP contribution in [0.25, 0.3) is 16.8 Å². The summed E-state index contributed by atoms with van der Waals surface area (Å²) >= 11 is 0. The highest BCUT2D eigenvalue weighted by Crippen LogP contribution is 2.50. The molecule has 1 spiro atoms. The van der Waals surface area contributed by atoms with Crippen molar-refractivity contribution >= 4 is 22.5 Å². The summed E-state index contributed by atoms with van der Waals surface area (Å²) < 4.78 is 13.5. The van der Waals surface area contributed by atoms with Gasteiger partial charge in [-0.2, -0.15) is 0 Å². The summed E-state index contributed by atoms with van der Waals surface area (Å²) in [5.74, 6) is -0.403. The number of halogens is 1. The molecule has 0 atom stereocenters. The fourth-order valence-electron chi connectivity index (χ4n) is 5.32. The molecule has 2 N–H and O–H groups in total. The molecule has 2 aliphatic rings. The van der Waals surface area contributed by atoms with Gasteiger partial charge in [-0.1, -0.05) is 45.7 Å². The van der Waals surface area contributed by atoms with Crippen molar-refractivity contribution in [1.29, 1.82) is 0 Å². The number of aryl methyl sites for hydroxylation is 1. The van der Waals surface area contributed by atoms with Gasteiger partial charge in [0.25, 0.3) is 0 Å². The fraction of sp³-hybridized carbons (Fsp3) is 0.290. The van der Waals surface area contributed by atoms with Gasteiger partial charge in [-0.05, 0) is 79.2 Å². The normalized spacial score (nSPS) is 15.6. The lowest BCUT2D eigenvalue weighted by molar-refractivity contribution is 0.322. The number of hydrogen-bond acceptors (Lipinski definition) is 4. The lowest BCUT2D eigenvalue weighted by Gasteiger charge is -2.35. The first kappa shape index (κ1) is 25.5. The molecular weight excluding hydrogens is 447 g/mol. The van der Waals surface area contributed by atoms with Gasteiger partial charge >= 0.3 is 0 Å². The molecule has 5 rings (SSSR count). The van der Waals surface area contributed by atoms with Crippen molar-refractivity contribution in [3.05, 3.63) is 108 Å². The van der Waals surface area contributed by atoms with Gasteiger partial charge in [0, 0.05) is 40.2 Å². The van der Waals surface area contributed by atoms with Gasteiger partial charge in [-0.25, -0.2) is 4.39 Å². The van der Waals surface area contributed by atoms with E-state index in [9.17, 15) is 4.39 Å². The van der Waals surface area contributed by atoms with Crippen molar-refractivity contribution in [1.82, 2.24) is 15.3 Å². The number of hydrogen-bond donors (Lipinski definition) is 2. The Kier molecular flexibility index (Phi) is 7.51. The zero-order chi connectivity index (χ0) is 25.9. The minimum atomic E-state index is -0.403. The van der Waals surface area contributed by atoms with Crippen LogP contribution in [-0.2, 0) is 5.41 Å². The van der Waals surface area contributed by atoms with E-state index in [1.807, 2.05) is 26.8 Å². The predicted octanol–water partition coefficient (Wildman–Crippen LogP) is 7.13. The molecule has 36 heavy (non-hydrogen) atoms. The van der Waals surface area contributed by atoms with E-state index in [1.54, 1.807) is 12.4 Å². The second kappa shape index (κ2) is 10.6. The van der Waals surface area contributed by atoms with Gasteiger partial charge < -0.3 is 10.6 Å². The van der Waals surface area contributed by atoms with E-state index < -0.39 is 5.82 Å². The van der Waals surface area contributed by atoms with Crippen molar-refractivity contribution in [2.24, 2.45) is 0 Å². The second-order valence-electron chi connectivity index (χ2n) is 9.40. The number of benzene rings is 1. The van der Waals surface area contributed by atoms with Crippen LogP contribution in [0.3, 0.4) is 0 Å². The van der Waals surface area contributed by atoms with Gasteiger partial charge in [-0.3, -0.25) is 9.97 Å². The molecule has 5 heteroatoms. The highest BCUT2D eigenvalue weighted by Gasteiger charge is 2.41. The van der Waals surface area contributed by atoms with Gasteiger partial charge in [0.1, 0.15) is 5.82 Å². The van der Waals surface area contributed by atoms with Crippen LogP contribution in [0.15, 0.2) is 68.7 Å². The third kappa shape index (κ3) is 4.89. The van der Waals surface area contributed by atoms with Crippen LogP contribution < -0.4 is 10.6 Å². The highest BCUT2D eigenvalue weighted by atomic mass is 19.1.